The fourth-order valence-corrected chi connectivity index (χ4v) is 4.62. The molecule has 0 spiro atoms. The van der Waals surface area contributed by atoms with Gasteiger partial charge in [0.15, 0.2) is 0 Å². The van der Waals surface area contributed by atoms with Gasteiger partial charge in [0.2, 0.25) is 0 Å². The maximum atomic E-state index is 13.0. The van der Waals surface area contributed by atoms with Crippen molar-refractivity contribution in [3.63, 3.8) is 0 Å². The normalized spacial score (nSPS) is 13.1. The summed E-state index contributed by atoms with van der Waals surface area (Å²) in [6.45, 7) is 9.67. The number of carbonyl (C=O) groups excluding carboxylic acids is 2. The number of fused-ring (bicyclic) bond motifs is 3. The third-order valence-corrected chi connectivity index (χ3v) is 6.34. The zero-order valence-electron chi connectivity index (χ0n) is 22.2. The van der Waals surface area contributed by atoms with E-state index in [1.807, 2.05) is 48.5 Å². The van der Waals surface area contributed by atoms with Crippen LogP contribution in [0.2, 0.25) is 0 Å². The van der Waals surface area contributed by atoms with E-state index in [1.54, 1.807) is 26.8 Å². The van der Waals surface area contributed by atoms with Gasteiger partial charge in [0.25, 0.3) is 0 Å². The monoisotopic (exact) mass is 513 g/mol. The third-order valence-electron chi connectivity index (χ3n) is 6.34. The molecular weight excluding hydrogens is 478 g/mol. The largest absolute Gasteiger partial charge is 0.490 e. The first-order chi connectivity index (χ1) is 18.2. The Labute approximate surface area is 224 Å². The molecule has 1 N–H and O–H groups in total. The van der Waals surface area contributed by atoms with E-state index in [0.29, 0.717) is 19.4 Å². The Morgan fingerprint density at radius 3 is 2.13 bits per heavy atom. The van der Waals surface area contributed by atoms with Crippen LogP contribution in [-0.2, 0) is 20.7 Å². The van der Waals surface area contributed by atoms with Gasteiger partial charge in [-0.2, -0.15) is 0 Å². The minimum absolute atomic E-state index is 0.0602. The lowest BCUT2D eigenvalue weighted by Gasteiger charge is -2.25. The van der Waals surface area contributed by atoms with Gasteiger partial charge in [0.1, 0.15) is 30.6 Å². The first-order valence-electron chi connectivity index (χ1n) is 12.9. The number of aryl methyl sites for hydroxylation is 1. The summed E-state index contributed by atoms with van der Waals surface area (Å²) in [6, 6.07) is 23.1. The highest BCUT2D eigenvalue weighted by Gasteiger charge is 2.31. The lowest BCUT2D eigenvalue weighted by Crippen LogP contribution is -2.45. The molecule has 3 aromatic carbocycles. The summed E-state index contributed by atoms with van der Waals surface area (Å²) < 4.78 is 16.8. The van der Waals surface area contributed by atoms with Crippen molar-refractivity contribution in [1.29, 1.82) is 0 Å². The maximum Gasteiger partial charge on any atom is 0.407 e. The van der Waals surface area contributed by atoms with Crippen molar-refractivity contribution in [2.75, 3.05) is 13.2 Å². The Morgan fingerprint density at radius 1 is 0.947 bits per heavy atom. The number of hydrogen-bond donors (Lipinski definition) is 1. The van der Waals surface area contributed by atoms with Crippen LogP contribution in [0.25, 0.3) is 11.1 Å². The van der Waals surface area contributed by atoms with Crippen molar-refractivity contribution in [3.05, 3.63) is 102 Å². The quantitative estimate of drug-likeness (QED) is 0.250. The molecule has 1 amide bonds. The van der Waals surface area contributed by atoms with Crippen LogP contribution in [0.4, 0.5) is 4.79 Å². The van der Waals surface area contributed by atoms with Crippen LogP contribution in [0.1, 0.15) is 49.8 Å². The summed E-state index contributed by atoms with van der Waals surface area (Å²) >= 11 is 0. The molecule has 3 aromatic rings. The highest BCUT2D eigenvalue weighted by atomic mass is 16.6. The van der Waals surface area contributed by atoms with Crippen LogP contribution in [0.15, 0.2) is 85.5 Å². The van der Waals surface area contributed by atoms with Gasteiger partial charge in [-0.15, -0.1) is 0 Å². The highest BCUT2D eigenvalue weighted by molar-refractivity contribution is 5.82. The fraction of sp³-hybridized carbons (Fsp3) is 0.312. The second-order valence-electron chi connectivity index (χ2n) is 10.3. The SMILES string of the molecule is C=CCOc1ccc(CCC(NC(=O)OCC2c3ccccc3-c3ccccc32)C(=O)OC(C)(C)C)cc1. The van der Waals surface area contributed by atoms with Crippen LogP contribution < -0.4 is 10.1 Å². The molecule has 198 valence electrons. The van der Waals surface area contributed by atoms with E-state index >= 15 is 0 Å². The minimum atomic E-state index is -0.846. The van der Waals surface area contributed by atoms with Crippen molar-refractivity contribution in [1.82, 2.24) is 5.32 Å². The van der Waals surface area contributed by atoms with E-state index in [4.69, 9.17) is 14.2 Å². The standard InChI is InChI=1S/C32H35NO5/c1-5-20-36-23-17-14-22(15-18-23)16-19-29(30(34)38-32(2,3)4)33-31(35)37-21-28-26-12-8-6-10-24(26)25-11-7-9-13-27(25)28/h5-15,17-18,28-29H,1,16,19-21H2,2-4H3,(H,33,35). The molecule has 6 heteroatoms. The minimum Gasteiger partial charge on any atom is -0.490 e. The second-order valence-corrected chi connectivity index (χ2v) is 10.3. The molecule has 1 aliphatic rings. The van der Waals surface area contributed by atoms with E-state index in [2.05, 4.69) is 36.2 Å². The molecule has 0 saturated heterocycles. The van der Waals surface area contributed by atoms with Gasteiger partial charge in [-0.05, 0) is 73.6 Å². The van der Waals surface area contributed by atoms with E-state index in [9.17, 15) is 9.59 Å². The predicted molar refractivity (Wildman–Crippen MR) is 148 cm³/mol. The average Bonchev–Trinajstić information content (AvgIpc) is 3.22. The van der Waals surface area contributed by atoms with Gasteiger partial charge in [0, 0.05) is 5.92 Å². The van der Waals surface area contributed by atoms with Gasteiger partial charge < -0.3 is 19.5 Å². The molecule has 4 rings (SSSR count). The van der Waals surface area contributed by atoms with Gasteiger partial charge in [-0.1, -0.05) is 73.3 Å². The van der Waals surface area contributed by atoms with Gasteiger partial charge in [-0.25, -0.2) is 9.59 Å². The Kier molecular flexibility index (Phi) is 8.52. The molecule has 0 bridgehead atoms. The molecule has 0 aromatic heterocycles. The highest BCUT2D eigenvalue weighted by Crippen LogP contribution is 2.44. The molecule has 0 aliphatic heterocycles. The summed E-state index contributed by atoms with van der Waals surface area (Å²) in [5, 5.41) is 2.75. The molecule has 0 heterocycles. The van der Waals surface area contributed by atoms with Crippen molar-refractivity contribution >= 4 is 12.1 Å². The molecule has 38 heavy (non-hydrogen) atoms. The van der Waals surface area contributed by atoms with Gasteiger partial charge in [-0.3, -0.25) is 0 Å². The lowest BCUT2D eigenvalue weighted by atomic mass is 9.98. The third kappa shape index (κ3) is 6.82. The lowest BCUT2D eigenvalue weighted by molar-refractivity contribution is -0.157. The Morgan fingerprint density at radius 2 is 1.55 bits per heavy atom. The van der Waals surface area contributed by atoms with Crippen LogP contribution in [0, 0.1) is 0 Å². The Bertz CT molecular complexity index is 1230. The molecule has 6 nitrogen and oxygen atoms in total. The smallest absolute Gasteiger partial charge is 0.407 e. The predicted octanol–water partition coefficient (Wildman–Crippen LogP) is 6.43. The van der Waals surface area contributed by atoms with Crippen LogP contribution in [0.5, 0.6) is 5.75 Å². The van der Waals surface area contributed by atoms with E-state index in [0.717, 1.165) is 33.6 Å². The second kappa shape index (κ2) is 12.0. The number of rotatable bonds is 10. The van der Waals surface area contributed by atoms with Crippen molar-refractivity contribution in [3.8, 4) is 16.9 Å². The number of hydrogen-bond acceptors (Lipinski definition) is 5. The van der Waals surface area contributed by atoms with E-state index in [-0.39, 0.29) is 12.5 Å². The Hall–Kier alpha value is -4.06. The first kappa shape index (κ1) is 27.0. The number of ether oxygens (including phenoxy) is 3. The van der Waals surface area contributed by atoms with E-state index in [1.165, 1.54) is 0 Å². The summed E-state index contributed by atoms with van der Waals surface area (Å²) in [5.41, 5.74) is 4.91. The van der Waals surface area contributed by atoms with E-state index < -0.39 is 23.7 Å². The summed E-state index contributed by atoms with van der Waals surface area (Å²) in [5.74, 6) is 0.195. The van der Waals surface area contributed by atoms with Crippen LogP contribution in [0.3, 0.4) is 0 Å². The molecule has 1 atom stereocenters. The number of alkyl carbamates (subject to hydrolysis) is 1. The van der Waals surface area contributed by atoms with Crippen molar-refractivity contribution in [2.24, 2.45) is 0 Å². The zero-order chi connectivity index (χ0) is 27.1. The van der Waals surface area contributed by atoms with Gasteiger partial charge in [0.05, 0.1) is 0 Å². The molecule has 1 unspecified atom stereocenters. The topological polar surface area (TPSA) is 73.9 Å². The van der Waals surface area contributed by atoms with Crippen molar-refractivity contribution in [2.45, 2.75) is 51.2 Å². The number of amides is 1. The maximum absolute atomic E-state index is 13.0. The molecule has 0 radical (unpaired) electrons. The summed E-state index contributed by atoms with van der Waals surface area (Å²) in [7, 11) is 0. The first-order valence-corrected chi connectivity index (χ1v) is 12.9. The van der Waals surface area contributed by atoms with Crippen molar-refractivity contribution < 1.29 is 23.8 Å². The average molecular weight is 514 g/mol. The summed E-state index contributed by atoms with van der Waals surface area (Å²) in [4.78, 5) is 25.8. The number of benzene rings is 3. The number of nitrogens with one attached hydrogen (secondary N) is 1. The molecule has 0 fully saturated rings. The summed E-state index contributed by atoms with van der Waals surface area (Å²) in [6.07, 6.45) is 1.98. The zero-order valence-corrected chi connectivity index (χ0v) is 22.2. The molecular formula is C32H35NO5. The van der Waals surface area contributed by atoms with Gasteiger partial charge >= 0.3 is 12.1 Å². The number of esters is 1. The molecule has 1 aliphatic carbocycles. The van der Waals surface area contributed by atoms with Crippen LogP contribution in [-0.4, -0.2) is 36.9 Å². The number of carbonyl (C=O) groups is 2. The molecule has 0 saturated carbocycles. The Balaban J connectivity index is 1.40. The fourth-order valence-electron chi connectivity index (χ4n) is 4.62. The van der Waals surface area contributed by atoms with Crippen LogP contribution >= 0.6 is 0 Å².